The highest BCUT2D eigenvalue weighted by atomic mass is 32.2. The van der Waals surface area contributed by atoms with Crippen molar-refractivity contribution in [2.75, 3.05) is 0 Å². The van der Waals surface area contributed by atoms with Crippen LogP contribution in [0.5, 0.6) is 0 Å². The molecule has 0 aliphatic heterocycles. The summed E-state index contributed by atoms with van der Waals surface area (Å²) in [6.07, 6.45) is 1.17. The van der Waals surface area contributed by atoms with E-state index in [9.17, 15) is 13.2 Å². The van der Waals surface area contributed by atoms with Crippen molar-refractivity contribution < 1.29 is 13.2 Å². The third-order valence-electron chi connectivity index (χ3n) is 1.94. The fraction of sp³-hybridized carbons (Fsp3) is 0.500. The maximum atomic E-state index is 11.8. The second kappa shape index (κ2) is 4.62. The molecule has 90 valence electrons. The van der Waals surface area contributed by atoms with Crippen LogP contribution in [0.15, 0.2) is 11.1 Å². The van der Waals surface area contributed by atoms with Crippen LogP contribution >= 0.6 is 0 Å². The molecular weight excluding hydrogens is 232 g/mol. The van der Waals surface area contributed by atoms with Gasteiger partial charge in [-0.3, -0.25) is 9.89 Å². The number of carbonyl (C=O) groups is 1. The number of nitrogens with one attached hydrogen (secondary N) is 2. The predicted octanol–water partition coefficient (Wildman–Crippen LogP) is -0.740. The lowest BCUT2D eigenvalue weighted by Gasteiger charge is -2.11. The summed E-state index contributed by atoms with van der Waals surface area (Å²) in [5, 5.41) is 6.15. The molecule has 1 heterocycles. The van der Waals surface area contributed by atoms with Crippen LogP contribution in [0.1, 0.15) is 19.0 Å². The lowest BCUT2D eigenvalue weighted by Crippen LogP contribution is -2.35. The van der Waals surface area contributed by atoms with Gasteiger partial charge >= 0.3 is 0 Å². The van der Waals surface area contributed by atoms with Gasteiger partial charge in [0.1, 0.15) is 4.90 Å². The first-order valence-electron chi connectivity index (χ1n) is 4.63. The molecule has 0 saturated carbocycles. The number of hydrogen-bond acceptors (Lipinski definition) is 4. The Morgan fingerprint density at radius 1 is 1.69 bits per heavy atom. The molecule has 7 nitrogen and oxygen atoms in total. The predicted molar refractivity (Wildman–Crippen MR) is 56.9 cm³/mol. The summed E-state index contributed by atoms with van der Waals surface area (Å²) in [5.41, 5.74) is 5.41. The van der Waals surface area contributed by atoms with E-state index < -0.39 is 22.0 Å². The first kappa shape index (κ1) is 12.7. The average Bonchev–Trinajstić information content (AvgIpc) is 2.48. The third-order valence-corrected chi connectivity index (χ3v) is 3.64. The van der Waals surface area contributed by atoms with Crippen LogP contribution in [-0.2, 0) is 14.8 Å². The molecule has 1 amide bonds. The van der Waals surface area contributed by atoms with Gasteiger partial charge in [-0.15, -0.1) is 0 Å². The number of aromatic nitrogens is 2. The van der Waals surface area contributed by atoms with Crippen LogP contribution in [0.2, 0.25) is 0 Å². The van der Waals surface area contributed by atoms with Crippen molar-refractivity contribution in [3.63, 3.8) is 0 Å². The molecule has 1 aromatic heterocycles. The van der Waals surface area contributed by atoms with E-state index in [2.05, 4.69) is 14.9 Å². The number of aromatic amines is 1. The molecule has 1 aromatic rings. The number of nitrogens with two attached hydrogens (primary N) is 1. The summed E-state index contributed by atoms with van der Waals surface area (Å²) in [6, 6.07) is -0.545. The molecule has 0 aliphatic rings. The Bertz CT molecular complexity index is 479. The molecular formula is C8H14N4O3S. The molecule has 1 rings (SSSR count). The number of primary amides is 1. The normalized spacial score (nSPS) is 13.6. The molecule has 8 heteroatoms. The van der Waals surface area contributed by atoms with Crippen molar-refractivity contribution in [2.45, 2.75) is 31.2 Å². The quantitative estimate of drug-likeness (QED) is 0.634. The summed E-state index contributed by atoms with van der Waals surface area (Å²) in [6.45, 7) is 3.16. The molecule has 0 spiro atoms. The monoisotopic (exact) mass is 246 g/mol. The van der Waals surface area contributed by atoms with Gasteiger partial charge in [0.25, 0.3) is 0 Å². The van der Waals surface area contributed by atoms with E-state index in [0.717, 1.165) is 0 Å². The standard InChI is InChI=1S/C8H14N4O3S/c1-5(3-8(9)13)12-16(14,15)7-4-10-11-6(7)2/h4-5,12H,3H2,1-2H3,(H2,9,13)(H,10,11). The zero-order valence-corrected chi connectivity index (χ0v) is 9.84. The molecule has 1 unspecified atom stereocenters. The summed E-state index contributed by atoms with van der Waals surface area (Å²) < 4.78 is 25.9. The smallest absolute Gasteiger partial charge is 0.244 e. The zero-order chi connectivity index (χ0) is 12.3. The maximum Gasteiger partial charge on any atom is 0.244 e. The van der Waals surface area contributed by atoms with Gasteiger partial charge in [0, 0.05) is 12.5 Å². The van der Waals surface area contributed by atoms with Gasteiger partial charge in [-0.1, -0.05) is 0 Å². The van der Waals surface area contributed by atoms with Crippen molar-refractivity contribution in [1.29, 1.82) is 0 Å². The first-order chi connectivity index (χ1) is 7.33. The Kier molecular flexibility index (Phi) is 3.66. The van der Waals surface area contributed by atoms with E-state index in [4.69, 9.17) is 5.73 Å². The number of H-pyrrole nitrogens is 1. The number of amides is 1. The third kappa shape index (κ3) is 3.04. The second-order valence-electron chi connectivity index (χ2n) is 3.55. The Labute approximate surface area is 93.5 Å². The highest BCUT2D eigenvalue weighted by molar-refractivity contribution is 7.89. The van der Waals surface area contributed by atoms with Crippen LogP contribution in [0.4, 0.5) is 0 Å². The molecule has 0 saturated heterocycles. The maximum absolute atomic E-state index is 11.8. The number of carbonyl (C=O) groups excluding carboxylic acids is 1. The molecule has 0 radical (unpaired) electrons. The van der Waals surface area contributed by atoms with Crippen molar-refractivity contribution >= 4 is 15.9 Å². The number of hydrogen-bond donors (Lipinski definition) is 3. The van der Waals surface area contributed by atoms with Crippen LogP contribution < -0.4 is 10.5 Å². The van der Waals surface area contributed by atoms with Crippen molar-refractivity contribution in [2.24, 2.45) is 5.73 Å². The topological polar surface area (TPSA) is 118 Å². The van der Waals surface area contributed by atoms with Gasteiger partial charge in [-0.05, 0) is 13.8 Å². The summed E-state index contributed by atoms with van der Waals surface area (Å²) in [7, 11) is -3.64. The highest BCUT2D eigenvalue weighted by Crippen LogP contribution is 2.11. The minimum absolute atomic E-state index is 0.0455. The van der Waals surface area contributed by atoms with E-state index in [1.54, 1.807) is 13.8 Å². The Morgan fingerprint density at radius 2 is 2.31 bits per heavy atom. The van der Waals surface area contributed by atoms with E-state index >= 15 is 0 Å². The minimum atomic E-state index is -3.64. The van der Waals surface area contributed by atoms with Crippen molar-refractivity contribution in [1.82, 2.24) is 14.9 Å². The lowest BCUT2D eigenvalue weighted by atomic mass is 10.2. The van der Waals surface area contributed by atoms with Crippen LogP contribution in [0.3, 0.4) is 0 Å². The van der Waals surface area contributed by atoms with Gasteiger partial charge in [-0.2, -0.15) is 5.10 Å². The first-order valence-corrected chi connectivity index (χ1v) is 6.12. The molecule has 0 fully saturated rings. The molecule has 4 N–H and O–H groups in total. The van der Waals surface area contributed by atoms with Gasteiger partial charge in [0.15, 0.2) is 0 Å². The SMILES string of the molecule is Cc1[nH]ncc1S(=O)(=O)NC(C)CC(N)=O. The number of sulfonamides is 1. The Hall–Kier alpha value is -1.41. The fourth-order valence-electron chi connectivity index (χ4n) is 1.28. The summed E-state index contributed by atoms with van der Waals surface area (Å²) >= 11 is 0. The number of rotatable bonds is 5. The van der Waals surface area contributed by atoms with Crippen LogP contribution in [0.25, 0.3) is 0 Å². The Balaban J connectivity index is 2.81. The molecule has 16 heavy (non-hydrogen) atoms. The van der Waals surface area contributed by atoms with E-state index in [1.807, 2.05) is 0 Å². The second-order valence-corrected chi connectivity index (χ2v) is 5.23. The van der Waals surface area contributed by atoms with Crippen LogP contribution in [-0.4, -0.2) is 30.6 Å². The van der Waals surface area contributed by atoms with Gasteiger partial charge in [0.2, 0.25) is 15.9 Å². The van der Waals surface area contributed by atoms with Gasteiger partial charge in [-0.25, -0.2) is 13.1 Å². The van der Waals surface area contributed by atoms with Crippen LogP contribution in [0, 0.1) is 6.92 Å². The molecule has 0 bridgehead atoms. The largest absolute Gasteiger partial charge is 0.370 e. The van der Waals surface area contributed by atoms with Gasteiger partial charge < -0.3 is 5.73 Å². The zero-order valence-electron chi connectivity index (χ0n) is 9.02. The Morgan fingerprint density at radius 3 is 2.75 bits per heavy atom. The molecule has 0 aromatic carbocycles. The summed E-state index contributed by atoms with van der Waals surface area (Å²) in [4.78, 5) is 10.7. The minimum Gasteiger partial charge on any atom is -0.370 e. The van der Waals surface area contributed by atoms with Crippen molar-refractivity contribution in [3.8, 4) is 0 Å². The van der Waals surface area contributed by atoms with E-state index in [0.29, 0.717) is 5.69 Å². The average molecular weight is 246 g/mol. The number of nitrogens with zero attached hydrogens (tertiary/aromatic N) is 1. The van der Waals surface area contributed by atoms with Gasteiger partial charge in [0.05, 0.1) is 11.9 Å². The lowest BCUT2D eigenvalue weighted by molar-refractivity contribution is -0.118. The molecule has 0 aliphatic carbocycles. The molecule has 1 atom stereocenters. The number of aryl methyl sites for hydroxylation is 1. The van der Waals surface area contributed by atoms with E-state index in [-0.39, 0.29) is 11.3 Å². The van der Waals surface area contributed by atoms with Crippen molar-refractivity contribution in [3.05, 3.63) is 11.9 Å². The van der Waals surface area contributed by atoms with E-state index in [1.165, 1.54) is 6.20 Å². The highest BCUT2D eigenvalue weighted by Gasteiger charge is 2.21. The fourth-order valence-corrected chi connectivity index (χ4v) is 2.66. The summed E-state index contributed by atoms with van der Waals surface area (Å²) in [5.74, 6) is -0.556.